The smallest absolute Gasteiger partial charge is 0.0797 e. The molecule has 72 valence electrons. The van der Waals surface area contributed by atoms with E-state index in [4.69, 9.17) is 0 Å². The van der Waals surface area contributed by atoms with Crippen LogP contribution in [-0.4, -0.2) is 23.3 Å². The third-order valence-electron chi connectivity index (χ3n) is 3.00. The van der Waals surface area contributed by atoms with Gasteiger partial charge in [-0.2, -0.15) is 0 Å². The summed E-state index contributed by atoms with van der Waals surface area (Å²) in [7, 11) is 0. The quantitative estimate of drug-likeness (QED) is 0.674. The van der Waals surface area contributed by atoms with Crippen molar-refractivity contribution >= 4 is 0 Å². The van der Waals surface area contributed by atoms with E-state index in [0.29, 0.717) is 6.04 Å². The molecular formula is C10H21NO. The summed E-state index contributed by atoms with van der Waals surface area (Å²) in [6, 6.07) is 0.349. The van der Waals surface area contributed by atoms with Crippen LogP contribution < -0.4 is 5.32 Å². The minimum Gasteiger partial charge on any atom is -0.388 e. The fourth-order valence-electron chi connectivity index (χ4n) is 2.17. The van der Waals surface area contributed by atoms with Gasteiger partial charge in [0.15, 0.2) is 0 Å². The van der Waals surface area contributed by atoms with E-state index in [1.165, 1.54) is 6.42 Å². The van der Waals surface area contributed by atoms with Crippen molar-refractivity contribution in [3.05, 3.63) is 0 Å². The standard InChI is InChI=1S/C10H21NO/c1-3-7-10(12,4-2)9-6-5-8-11-9/h9,11-12H,3-8H2,1-2H3/t9-,10?/m1/s1. The molecule has 0 aromatic heterocycles. The molecule has 0 spiro atoms. The molecule has 0 aliphatic carbocycles. The van der Waals surface area contributed by atoms with Crippen molar-refractivity contribution in [1.82, 2.24) is 5.32 Å². The van der Waals surface area contributed by atoms with E-state index in [0.717, 1.165) is 32.2 Å². The third kappa shape index (κ3) is 1.99. The minimum absolute atomic E-state index is 0.349. The average molecular weight is 171 g/mol. The number of aliphatic hydroxyl groups is 1. The van der Waals surface area contributed by atoms with Gasteiger partial charge in [0.25, 0.3) is 0 Å². The van der Waals surface area contributed by atoms with Crippen LogP contribution in [0.15, 0.2) is 0 Å². The molecule has 0 bridgehead atoms. The second kappa shape index (κ2) is 4.24. The lowest BCUT2D eigenvalue weighted by Crippen LogP contribution is -2.47. The normalized spacial score (nSPS) is 28.8. The number of rotatable bonds is 4. The van der Waals surface area contributed by atoms with E-state index < -0.39 is 5.60 Å². The zero-order valence-corrected chi connectivity index (χ0v) is 8.27. The van der Waals surface area contributed by atoms with Crippen molar-refractivity contribution in [3.8, 4) is 0 Å². The Hall–Kier alpha value is -0.0800. The fraction of sp³-hybridized carbons (Fsp3) is 1.00. The van der Waals surface area contributed by atoms with Crippen molar-refractivity contribution in [2.24, 2.45) is 0 Å². The highest BCUT2D eigenvalue weighted by Crippen LogP contribution is 2.26. The first-order valence-corrected chi connectivity index (χ1v) is 5.18. The van der Waals surface area contributed by atoms with Gasteiger partial charge in [0.05, 0.1) is 5.60 Å². The van der Waals surface area contributed by atoms with Crippen molar-refractivity contribution in [2.45, 2.75) is 57.6 Å². The first kappa shape index (κ1) is 10.0. The van der Waals surface area contributed by atoms with E-state index in [9.17, 15) is 5.11 Å². The maximum Gasteiger partial charge on any atom is 0.0797 e. The first-order chi connectivity index (χ1) is 5.73. The molecule has 1 rings (SSSR count). The van der Waals surface area contributed by atoms with Gasteiger partial charge in [-0.1, -0.05) is 20.3 Å². The molecule has 0 aromatic rings. The monoisotopic (exact) mass is 171 g/mol. The first-order valence-electron chi connectivity index (χ1n) is 5.18. The van der Waals surface area contributed by atoms with Gasteiger partial charge in [0.2, 0.25) is 0 Å². The highest BCUT2D eigenvalue weighted by atomic mass is 16.3. The summed E-state index contributed by atoms with van der Waals surface area (Å²) in [6.45, 7) is 5.29. The second-order valence-electron chi connectivity index (χ2n) is 3.86. The van der Waals surface area contributed by atoms with Crippen LogP contribution in [0, 0.1) is 0 Å². The Morgan fingerprint density at radius 2 is 2.25 bits per heavy atom. The topological polar surface area (TPSA) is 32.3 Å². The minimum atomic E-state index is -0.439. The van der Waals surface area contributed by atoms with Crippen LogP contribution in [0.1, 0.15) is 46.0 Å². The number of hydrogen-bond acceptors (Lipinski definition) is 2. The maximum atomic E-state index is 10.3. The Kier molecular flexibility index (Phi) is 3.53. The molecule has 0 aromatic carbocycles. The zero-order valence-electron chi connectivity index (χ0n) is 8.27. The van der Waals surface area contributed by atoms with Crippen molar-refractivity contribution in [2.75, 3.05) is 6.54 Å². The molecule has 1 fully saturated rings. The molecule has 2 heteroatoms. The summed E-state index contributed by atoms with van der Waals surface area (Å²) < 4.78 is 0. The van der Waals surface area contributed by atoms with E-state index in [1.54, 1.807) is 0 Å². The van der Waals surface area contributed by atoms with Gasteiger partial charge in [-0.3, -0.25) is 0 Å². The Morgan fingerprint density at radius 3 is 2.67 bits per heavy atom. The van der Waals surface area contributed by atoms with Gasteiger partial charge < -0.3 is 10.4 Å². The lowest BCUT2D eigenvalue weighted by molar-refractivity contribution is -0.00485. The molecule has 1 heterocycles. The molecule has 2 N–H and O–H groups in total. The predicted molar refractivity (Wildman–Crippen MR) is 51.2 cm³/mol. The molecule has 12 heavy (non-hydrogen) atoms. The maximum absolute atomic E-state index is 10.3. The summed E-state index contributed by atoms with van der Waals surface area (Å²) in [5.41, 5.74) is -0.439. The molecule has 0 radical (unpaired) electrons. The van der Waals surface area contributed by atoms with Crippen LogP contribution in [0.5, 0.6) is 0 Å². The second-order valence-corrected chi connectivity index (χ2v) is 3.86. The molecule has 2 nitrogen and oxygen atoms in total. The zero-order chi connectivity index (χ0) is 9.03. The highest BCUT2D eigenvalue weighted by Gasteiger charge is 2.35. The van der Waals surface area contributed by atoms with Crippen LogP contribution >= 0.6 is 0 Å². The average Bonchev–Trinajstić information content (AvgIpc) is 2.57. The number of hydrogen-bond donors (Lipinski definition) is 2. The van der Waals surface area contributed by atoms with E-state index in [1.807, 2.05) is 0 Å². The Balaban J connectivity index is 2.51. The fourth-order valence-corrected chi connectivity index (χ4v) is 2.17. The summed E-state index contributed by atoms with van der Waals surface area (Å²) in [5.74, 6) is 0. The highest BCUT2D eigenvalue weighted by molar-refractivity contribution is 4.93. The van der Waals surface area contributed by atoms with Gasteiger partial charge >= 0.3 is 0 Å². The lowest BCUT2D eigenvalue weighted by atomic mass is 9.86. The molecule has 1 aliphatic heterocycles. The van der Waals surface area contributed by atoms with E-state index in [2.05, 4.69) is 19.2 Å². The summed E-state index contributed by atoms with van der Waals surface area (Å²) in [4.78, 5) is 0. The SMILES string of the molecule is CCCC(O)(CC)[C@H]1CCCN1. The Bertz CT molecular complexity index is 132. The van der Waals surface area contributed by atoms with Crippen LogP contribution in [0.2, 0.25) is 0 Å². The van der Waals surface area contributed by atoms with Gasteiger partial charge in [-0.25, -0.2) is 0 Å². The van der Waals surface area contributed by atoms with Crippen LogP contribution in [0.3, 0.4) is 0 Å². The van der Waals surface area contributed by atoms with Crippen molar-refractivity contribution < 1.29 is 5.11 Å². The summed E-state index contributed by atoms with van der Waals surface area (Å²) in [6.07, 6.45) is 5.24. The molecule has 1 saturated heterocycles. The molecule has 0 amide bonds. The molecule has 1 aliphatic rings. The van der Waals surface area contributed by atoms with Crippen molar-refractivity contribution in [3.63, 3.8) is 0 Å². The van der Waals surface area contributed by atoms with Gasteiger partial charge in [-0.15, -0.1) is 0 Å². The Labute approximate surface area is 75.4 Å². The molecule has 0 saturated carbocycles. The van der Waals surface area contributed by atoms with Crippen LogP contribution in [-0.2, 0) is 0 Å². The number of nitrogens with one attached hydrogen (secondary N) is 1. The van der Waals surface area contributed by atoms with E-state index in [-0.39, 0.29) is 0 Å². The van der Waals surface area contributed by atoms with Gasteiger partial charge in [-0.05, 0) is 32.2 Å². The van der Waals surface area contributed by atoms with Crippen LogP contribution in [0.25, 0.3) is 0 Å². The predicted octanol–water partition coefficient (Wildman–Crippen LogP) is 1.68. The van der Waals surface area contributed by atoms with Gasteiger partial charge in [0, 0.05) is 6.04 Å². The molecule has 2 atom stereocenters. The lowest BCUT2D eigenvalue weighted by Gasteiger charge is -2.33. The summed E-state index contributed by atoms with van der Waals surface area (Å²) in [5, 5.41) is 13.6. The molecule has 1 unspecified atom stereocenters. The molecular weight excluding hydrogens is 150 g/mol. The van der Waals surface area contributed by atoms with E-state index >= 15 is 0 Å². The van der Waals surface area contributed by atoms with Crippen molar-refractivity contribution in [1.29, 1.82) is 0 Å². The Morgan fingerprint density at radius 1 is 1.50 bits per heavy atom. The third-order valence-corrected chi connectivity index (χ3v) is 3.00. The van der Waals surface area contributed by atoms with Gasteiger partial charge in [0.1, 0.15) is 0 Å². The summed E-state index contributed by atoms with van der Waals surface area (Å²) >= 11 is 0. The largest absolute Gasteiger partial charge is 0.388 e. The van der Waals surface area contributed by atoms with Crippen LogP contribution in [0.4, 0.5) is 0 Å².